The van der Waals surface area contributed by atoms with E-state index in [9.17, 15) is 13.6 Å². The number of nitrogens with zero attached hydrogens (tertiary/aromatic N) is 3. The van der Waals surface area contributed by atoms with Crippen molar-refractivity contribution in [1.29, 1.82) is 0 Å². The number of halogens is 2. The number of para-hydroxylation sites is 1. The summed E-state index contributed by atoms with van der Waals surface area (Å²) in [4.78, 5) is 19.5. The van der Waals surface area contributed by atoms with Gasteiger partial charge in [-0.2, -0.15) is 0 Å². The van der Waals surface area contributed by atoms with E-state index in [1.165, 1.54) is 0 Å². The molecular weight excluding hydrogens is 462 g/mol. The number of amides is 1. The summed E-state index contributed by atoms with van der Waals surface area (Å²) in [5.74, 6) is -1.84. The maximum atomic E-state index is 13.5. The molecule has 1 N–H and O–H groups in total. The number of alkyl halides is 2. The Balaban J connectivity index is 1.37. The quantitative estimate of drug-likeness (QED) is 0.366. The third kappa shape index (κ3) is 5.28. The molecule has 1 aromatic heterocycles. The number of aromatic nitrogens is 2. The smallest absolute Gasteiger partial charge is 0.261 e. The molecule has 5 rings (SSSR count). The van der Waals surface area contributed by atoms with Gasteiger partial charge in [0.25, 0.3) is 11.8 Å². The van der Waals surface area contributed by atoms with E-state index >= 15 is 0 Å². The monoisotopic (exact) mass is 488 g/mol. The number of benzene rings is 3. The molecule has 6 nitrogen and oxygen atoms in total. The molecule has 2 heterocycles. The zero-order valence-electron chi connectivity index (χ0n) is 19.8. The Bertz CT molecular complexity index is 1350. The Hall–Kier alpha value is -4.04. The van der Waals surface area contributed by atoms with Crippen molar-refractivity contribution in [2.45, 2.75) is 18.9 Å². The first kappa shape index (κ1) is 23.7. The van der Waals surface area contributed by atoms with Crippen LogP contribution in [-0.2, 0) is 6.54 Å². The zero-order valence-corrected chi connectivity index (χ0v) is 19.8. The van der Waals surface area contributed by atoms with Crippen LogP contribution in [0.1, 0.15) is 22.3 Å². The maximum Gasteiger partial charge on any atom is 0.261 e. The Morgan fingerprint density at radius 1 is 1.06 bits per heavy atom. The molecule has 4 aromatic rings. The van der Waals surface area contributed by atoms with Gasteiger partial charge in [0.1, 0.15) is 5.75 Å². The topological polar surface area (TPSA) is 59.4 Å². The summed E-state index contributed by atoms with van der Waals surface area (Å²) in [6, 6.07) is 24.2. The highest BCUT2D eigenvalue weighted by atomic mass is 19.3. The fourth-order valence-electron chi connectivity index (χ4n) is 4.31. The number of imidazole rings is 1. The fraction of sp³-hybridized carbons (Fsp3) is 0.214. The largest absolute Gasteiger partial charge is 0.497 e. The maximum absolute atomic E-state index is 13.5. The van der Waals surface area contributed by atoms with Gasteiger partial charge in [-0.25, -0.2) is 13.8 Å². The predicted octanol–water partition coefficient (Wildman–Crippen LogP) is 5.64. The number of hydrogen-bond acceptors (Lipinski definition) is 4. The minimum absolute atomic E-state index is 0.112. The van der Waals surface area contributed by atoms with Crippen molar-refractivity contribution in [2.75, 3.05) is 25.5 Å². The average molecular weight is 489 g/mol. The second-order valence-electron chi connectivity index (χ2n) is 8.85. The lowest BCUT2D eigenvalue weighted by atomic mass is 10.1. The van der Waals surface area contributed by atoms with Gasteiger partial charge in [-0.15, -0.1) is 0 Å². The second kappa shape index (κ2) is 9.91. The Morgan fingerprint density at radius 3 is 2.53 bits per heavy atom. The van der Waals surface area contributed by atoms with Crippen molar-refractivity contribution < 1.29 is 18.3 Å². The van der Waals surface area contributed by atoms with Gasteiger partial charge in [-0.05, 0) is 42.0 Å². The van der Waals surface area contributed by atoms with Gasteiger partial charge in [0.05, 0.1) is 19.3 Å². The van der Waals surface area contributed by atoms with E-state index in [2.05, 4.69) is 5.32 Å². The van der Waals surface area contributed by atoms with Crippen LogP contribution >= 0.6 is 0 Å². The fourth-order valence-corrected chi connectivity index (χ4v) is 4.31. The highest BCUT2D eigenvalue weighted by Gasteiger charge is 2.37. The SMILES string of the molecule is COc1cccc(-c2cn(-c3ccccc3)c(NC(=O)c3ccc(CN4CCC(F)(F)C4)cc3)n2)c1. The standard InChI is InChI=1S/C28H26F2N4O2/c1-36-24-9-5-6-22(16-24)25-18-34(23-7-3-2-4-8-23)27(31-25)32-26(35)21-12-10-20(11-13-21)17-33-15-14-28(29,30)19-33/h2-13,16,18H,14-15,17,19H2,1H3,(H,31,32,35). The van der Waals surface area contributed by atoms with Crippen LogP contribution in [0.3, 0.4) is 0 Å². The summed E-state index contributed by atoms with van der Waals surface area (Å²) in [6.07, 6.45) is 1.76. The van der Waals surface area contributed by atoms with Crippen LogP contribution in [0.25, 0.3) is 16.9 Å². The molecule has 1 fully saturated rings. The summed E-state index contributed by atoms with van der Waals surface area (Å²) >= 11 is 0. The van der Waals surface area contributed by atoms with E-state index in [0.717, 1.165) is 16.8 Å². The number of methoxy groups -OCH3 is 1. The molecule has 0 radical (unpaired) electrons. The molecule has 0 unspecified atom stereocenters. The molecule has 1 saturated heterocycles. The molecule has 0 saturated carbocycles. The van der Waals surface area contributed by atoms with Crippen molar-refractivity contribution in [1.82, 2.24) is 14.5 Å². The lowest BCUT2D eigenvalue weighted by Crippen LogP contribution is -2.24. The number of ether oxygens (including phenoxy) is 1. The van der Waals surface area contributed by atoms with E-state index in [1.807, 2.05) is 65.4 Å². The van der Waals surface area contributed by atoms with Gasteiger partial charge < -0.3 is 4.74 Å². The van der Waals surface area contributed by atoms with Crippen molar-refractivity contribution in [2.24, 2.45) is 0 Å². The second-order valence-corrected chi connectivity index (χ2v) is 8.85. The number of anilines is 1. The zero-order chi connectivity index (χ0) is 25.1. The van der Waals surface area contributed by atoms with Crippen molar-refractivity contribution in [3.8, 4) is 22.7 Å². The summed E-state index contributed by atoms with van der Waals surface area (Å²) in [6.45, 7) is 0.569. The molecule has 0 spiro atoms. The van der Waals surface area contributed by atoms with Gasteiger partial charge in [-0.3, -0.25) is 19.6 Å². The first-order valence-corrected chi connectivity index (χ1v) is 11.7. The van der Waals surface area contributed by atoms with Gasteiger partial charge >= 0.3 is 0 Å². The van der Waals surface area contributed by atoms with Crippen LogP contribution in [0.5, 0.6) is 5.75 Å². The van der Waals surface area contributed by atoms with Crippen molar-refractivity contribution in [3.05, 3.63) is 96.2 Å². The van der Waals surface area contributed by atoms with Gasteiger partial charge in [-0.1, -0.05) is 42.5 Å². The summed E-state index contributed by atoms with van der Waals surface area (Å²) in [5, 5.41) is 2.92. The Morgan fingerprint density at radius 2 is 1.83 bits per heavy atom. The number of nitrogens with one attached hydrogen (secondary N) is 1. The Kier molecular flexibility index (Phi) is 6.52. The first-order valence-electron chi connectivity index (χ1n) is 11.7. The normalized spacial score (nSPS) is 15.1. The molecule has 0 aliphatic carbocycles. The van der Waals surface area contributed by atoms with E-state index in [-0.39, 0.29) is 18.9 Å². The first-order chi connectivity index (χ1) is 17.4. The highest BCUT2D eigenvalue weighted by molar-refractivity contribution is 6.03. The van der Waals surface area contributed by atoms with Crippen molar-refractivity contribution in [3.63, 3.8) is 0 Å². The molecule has 0 bridgehead atoms. The summed E-state index contributed by atoms with van der Waals surface area (Å²) in [5.41, 5.74) is 3.74. The number of hydrogen-bond donors (Lipinski definition) is 1. The highest BCUT2D eigenvalue weighted by Crippen LogP contribution is 2.29. The van der Waals surface area contributed by atoms with E-state index in [0.29, 0.717) is 36.0 Å². The average Bonchev–Trinajstić information content (AvgIpc) is 3.47. The molecule has 8 heteroatoms. The number of carbonyl (C=O) groups excluding carboxylic acids is 1. The summed E-state index contributed by atoms with van der Waals surface area (Å²) in [7, 11) is 1.61. The van der Waals surface area contributed by atoms with Gasteiger partial charge in [0, 0.05) is 42.5 Å². The molecule has 1 aliphatic heterocycles. The molecule has 0 atom stereocenters. The molecule has 36 heavy (non-hydrogen) atoms. The third-order valence-electron chi connectivity index (χ3n) is 6.20. The van der Waals surface area contributed by atoms with E-state index in [1.54, 1.807) is 36.3 Å². The summed E-state index contributed by atoms with van der Waals surface area (Å²) < 4.78 is 34.1. The van der Waals surface area contributed by atoms with Crippen LogP contribution in [-0.4, -0.2) is 46.5 Å². The van der Waals surface area contributed by atoms with Gasteiger partial charge in [0.15, 0.2) is 0 Å². The molecule has 1 amide bonds. The van der Waals surface area contributed by atoms with Gasteiger partial charge in [0.2, 0.25) is 5.95 Å². The number of rotatable bonds is 7. The Labute approximate surface area is 208 Å². The lowest BCUT2D eigenvalue weighted by Gasteiger charge is -2.15. The lowest BCUT2D eigenvalue weighted by molar-refractivity contribution is 0.0115. The number of likely N-dealkylation sites (tertiary alicyclic amines) is 1. The van der Waals surface area contributed by atoms with E-state index in [4.69, 9.17) is 9.72 Å². The van der Waals surface area contributed by atoms with Crippen LogP contribution < -0.4 is 10.1 Å². The van der Waals surface area contributed by atoms with Crippen molar-refractivity contribution >= 4 is 11.9 Å². The molecular formula is C28H26F2N4O2. The predicted molar refractivity (Wildman–Crippen MR) is 135 cm³/mol. The molecule has 1 aliphatic rings. The van der Waals surface area contributed by atoms with Crippen LogP contribution in [0.4, 0.5) is 14.7 Å². The van der Waals surface area contributed by atoms with Crippen LogP contribution in [0, 0.1) is 0 Å². The molecule has 184 valence electrons. The van der Waals surface area contributed by atoms with Crippen LogP contribution in [0.15, 0.2) is 85.1 Å². The minimum Gasteiger partial charge on any atom is -0.497 e. The minimum atomic E-state index is -2.62. The van der Waals surface area contributed by atoms with E-state index < -0.39 is 5.92 Å². The number of carbonyl (C=O) groups is 1. The molecule has 3 aromatic carbocycles. The third-order valence-corrected chi connectivity index (χ3v) is 6.20. The van der Waals surface area contributed by atoms with Crippen LogP contribution in [0.2, 0.25) is 0 Å².